The lowest BCUT2D eigenvalue weighted by Gasteiger charge is -2.26. The van der Waals surface area contributed by atoms with Crippen LogP contribution in [0, 0.1) is 5.41 Å². The van der Waals surface area contributed by atoms with Crippen LogP contribution in [0.25, 0.3) is 0 Å². The number of aliphatic hydroxyl groups excluding tert-OH is 1. The Morgan fingerprint density at radius 3 is 2.53 bits per heavy atom. The minimum absolute atomic E-state index is 0.218. The van der Waals surface area contributed by atoms with Crippen molar-refractivity contribution >= 4 is 0 Å². The summed E-state index contributed by atoms with van der Waals surface area (Å²) < 4.78 is 0. The second kappa shape index (κ2) is 8.93. The first-order valence-electron chi connectivity index (χ1n) is 8.14. The Kier molecular flexibility index (Phi) is 7.96. The number of nitrogens with zero attached hydrogens (tertiary/aromatic N) is 1. The number of unbranched alkanes of at least 4 members (excludes halogenated alkanes) is 2. The van der Waals surface area contributed by atoms with Gasteiger partial charge in [0.1, 0.15) is 0 Å². The summed E-state index contributed by atoms with van der Waals surface area (Å²) in [6, 6.07) is 0. The average molecular weight is 270 g/mol. The SMILES string of the molecule is CCCCCC(C)(C)CNCC(O)CN1CCCC1. The fourth-order valence-corrected chi connectivity index (χ4v) is 2.85. The minimum Gasteiger partial charge on any atom is -0.390 e. The van der Waals surface area contributed by atoms with Gasteiger partial charge in [0.25, 0.3) is 0 Å². The monoisotopic (exact) mass is 270 g/mol. The van der Waals surface area contributed by atoms with Crippen LogP contribution in [-0.2, 0) is 0 Å². The molecule has 1 fully saturated rings. The van der Waals surface area contributed by atoms with Gasteiger partial charge in [0.05, 0.1) is 6.10 Å². The van der Waals surface area contributed by atoms with Crippen LogP contribution >= 0.6 is 0 Å². The Balaban J connectivity index is 2.07. The molecule has 0 aromatic rings. The highest BCUT2D eigenvalue weighted by Gasteiger charge is 2.19. The van der Waals surface area contributed by atoms with Crippen LogP contribution in [0.5, 0.6) is 0 Å². The van der Waals surface area contributed by atoms with Crippen LogP contribution in [0.1, 0.15) is 59.3 Å². The van der Waals surface area contributed by atoms with E-state index < -0.39 is 0 Å². The topological polar surface area (TPSA) is 35.5 Å². The van der Waals surface area contributed by atoms with Crippen molar-refractivity contribution < 1.29 is 5.11 Å². The van der Waals surface area contributed by atoms with Crippen molar-refractivity contribution in [3.05, 3.63) is 0 Å². The molecule has 1 rings (SSSR count). The van der Waals surface area contributed by atoms with E-state index in [1.54, 1.807) is 0 Å². The second-order valence-corrected chi connectivity index (χ2v) is 6.91. The molecule has 0 aliphatic carbocycles. The number of hydrogen-bond acceptors (Lipinski definition) is 3. The van der Waals surface area contributed by atoms with Crippen LogP contribution < -0.4 is 5.32 Å². The van der Waals surface area contributed by atoms with Crippen molar-refractivity contribution in [2.24, 2.45) is 5.41 Å². The van der Waals surface area contributed by atoms with Crippen LogP contribution in [0.3, 0.4) is 0 Å². The first-order chi connectivity index (χ1) is 9.03. The maximum atomic E-state index is 10.0. The maximum Gasteiger partial charge on any atom is 0.0791 e. The Hall–Kier alpha value is -0.120. The molecule has 3 heteroatoms. The zero-order chi connectivity index (χ0) is 14.1. The summed E-state index contributed by atoms with van der Waals surface area (Å²) in [6.45, 7) is 11.8. The van der Waals surface area contributed by atoms with Gasteiger partial charge in [0.2, 0.25) is 0 Å². The predicted octanol–water partition coefficient (Wildman–Crippen LogP) is 2.64. The Labute approximate surface area is 119 Å². The fraction of sp³-hybridized carbons (Fsp3) is 1.00. The van der Waals surface area contributed by atoms with Gasteiger partial charge in [-0.25, -0.2) is 0 Å². The van der Waals surface area contributed by atoms with E-state index in [1.807, 2.05) is 0 Å². The standard InChI is InChI=1S/C16H34N2O/c1-4-5-6-9-16(2,3)14-17-12-15(19)13-18-10-7-8-11-18/h15,17,19H,4-14H2,1-3H3. The van der Waals surface area contributed by atoms with Crippen LogP contribution in [0.2, 0.25) is 0 Å². The van der Waals surface area contributed by atoms with E-state index in [2.05, 4.69) is 31.0 Å². The van der Waals surface area contributed by atoms with E-state index in [1.165, 1.54) is 51.6 Å². The third kappa shape index (κ3) is 7.91. The fourth-order valence-electron chi connectivity index (χ4n) is 2.85. The van der Waals surface area contributed by atoms with E-state index in [-0.39, 0.29) is 6.10 Å². The molecule has 1 unspecified atom stereocenters. The predicted molar refractivity (Wildman–Crippen MR) is 82.5 cm³/mol. The first kappa shape index (κ1) is 16.9. The van der Waals surface area contributed by atoms with Gasteiger partial charge in [0, 0.05) is 19.6 Å². The first-order valence-corrected chi connectivity index (χ1v) is 8.14. The van der Waals surface area contributed by atoms with Crippen molar-refractivity contribution in [3.8, 4) is 0 Å². The molecule has 2 N–H and O–H groups in total. The van der Waals surface area contributed by atoms with Gasteiger partial charge in [-0.2, -0.15) is 0 Å². The molecule has 0 radical (unpaired) electrons. The molecule has 0 bridgehead atoms. The summed E-state index contributed by atoms with van der Waals surface area (Å²) >= 11 is 0. The van der Waals surface area contributed by atoms with Crippen molar-refractivity contribution in [3.63, 3.8) is 0 Å². The maximum absolute atomic E-state index is 10.0. The quantitative estimate of drug-likeness (QED) is 0.599. The van der Waals surface area contributed by atoms with Crippen LogP contribution in [0.15, 0.2) is 0 Å². The molecule has 19 heavy (non-hydrogen) atoms. The van der Waals surface area contributed by atoms with Gasteiger partial charge in [-0.3, -0.25) is 0 Å². The molecular formula is C16H34N2O. The molecule has 3 nitrogen and oxygen atoms in total. The lowest BCUT2D eigenvalue weighted by molar-refractivity contribution is 0.119. The molecule has 1 aliphatic heterocycles. The van der Waals surface area contributed by atoms with E-state index in [9.17, 15) is 5.11 Å². The number of aliphatic hydroxyl groups is 1. The number of nitrogens with one attached hydrogen (secondary N) is 1. The summed E-state index contributed by atoms with van der Waals surface area (Å²) in [4.78, 5) is 2.37. The molecule has 0 aromatic heterocycles. The van der Waals surface area contributed by atoms with Crippen molar-refractivity contribution in [1.29, 1.82) is 0 Å². The Bertz CT molecular complexity index is 225. The van der Waals surface area contributed by atoms with Crippen LogP contribution in [-0.4, -0.2) is 48.8 Å². The molecule has 1 atom stereocenters. The van der Waals surface area contributed by atoms with Crippen molar-refractivity contribution in [2.45, 2.75) is 65.4 Å². The van der Waals surface area contributed by atoms with Gasteiger partial charge >= 0.3 is 0 Å². The summed E-state index contributed by atoms with van der Waals surface area (Å²) in [6.07, 6.45) is 7.59. The molecule has 114 valence electrons. The Morgan fingerprint density at radius 2 is 1.89 bits per heavy atom. The molecule has 0 amide bonds. The smallest absolute Gasteiger partial charge is 0.0791 e. The number of rotatable bonds is 10. The zero-order valence-electron chi connectivity index (χ0n) is 13.2. The second-order valence-electron chi connectivity index (χ2n) is 6.91. The van der Waals surface area contributed by atoms with Crippen LogP contribution in [0.4, 0.5) is 0 Å². The molecule has 0 aromatic carbocycles. The van der Waals surface area contributed by atoms with Gasteiger partial charge in [-0.05, 0) is 37.8 Å². The summed E-state index contributed by atoms with van der Waals surface area (Å²) in [7, 11) is 0. The minimum atomic E-state index is -0.218. The third-order valence-corrected chi connectivity index (χ3v) is 4.11. The third-order valence-electron chi connectivity index (χ3n) is 4.11. The number of β-amino-alcohol motifs (C(OH)–C–C–N with tert-alkyl or cyclic N) is 1. The summed E-state index contributed by atoms with van der Waals surface area (Å²) in [5, 5.41) is 13.5. The van der Waals surface area contributed by atoms with Crippen molar-refractivity contribution in [1.82, 2.24) is 10.2 Å². The highest BCUT2D eigenvalue weighted by atomic mass is 16.3. The summed E-state index contributed by atoms with van der Waals surface area (Å²) in [5.41, 5.74) is 0.350. The van der Waals surface area contributed by atoms with Gasteiger partial charge in [-0.1, -0.05) is 40.0 Å². The van der Waals surface area contributed by atoms with E-state index in [0.29, 0.717) is 5.41 Å². The number of likely N-dealkylation sites (tertiary alicyclic amines) is 1. The van der Waals surface area contributed by atoms with Gasteiger partial charge in [0.15, 0.2) is 0 Å². The van der Waals surface area contributed by atoms with E-state index >= 15 is 0 Å². The van der Waals surface area contributed by atoms with E-state index in [0.717, 1.165) is 19.6 Å². The molecule has 1 saturated heterocycles. The molecule has 0 saturated carbocycles. The average Bonchev–Trinajstić information content (AvgIpc) is 2.81. The molecular weight excluding hydrogens is 236 g/mol. The molecule has 1 heterocycles. The summed E-state index contributed by atoms with van der Waals surface area (Å²) in [5.74, 6) is 0. The lowest BCUT2D eigenvalue weighted by Crippen LogP contribution is -2.40. The normalized spacial score (nSPS) is 18.9. The largest absolute Gasteiger partial charge is 0.390 e. The molecule has 0 spiro atoms. The van der Waals surface area contributed by atoms with Crippen molar-refractivity contribution in [2.75, 3.05) is 32.7 Å². The van der Waals surface area contributed by atoms with Gasteiger partial charge < -0.3 is 15.3 Å². The zero-order valence-corrected chi connectivity index (χ0v) is 13.2. The van der Waals surface area contributed by atoms with Gasteiger partial charge in [-0.15, -0.1) is 0 Å². The highest BCUT2D eigenvalue weighted by Crippen LogP contribution is 2.22. The highest BCUT2D eigenvalue weighted by molar-refractivity contribution is 4.75. The van der Waals surface area contributed by atoms with E-state index in [4.69, 9.17) is 0 Å². The number of hydrogen-bond donors (Lipinski definition) is 2. The Morgan fingerprint density at radius 1 is 1.21 bits per heavy atom. The lowest BCUT2D eigenvalue weighted by atomic mass is 9.87. The molecule has 1 aliphatic rings.